The highest BCUT2D eigenvalue weighted by atomic mass is 35.5. The Morgan fingerprint density at radius 3 is 3.04 bits per heavy atom. The zero-order chi connectivity index (χ0) is 18.8. The number of halogens is 2. The Morgan fingerprint density at radius 1 is 1.30 bits per heavy atom. The molecule has 1 aromatic carbocycles. The number of hydrogen-bond acceptors (Lipinski definition) is 4. The van der Waals surface area contributed by atoms with Crippen LogP contribution in [0.2, 0.25) is 5.02 Å². The van der Waals surface area contributed by atoms with Crippen LogP contribution in [0.4, 0.5) is 10.3 Å². The van der Waals surface area contributed by atoms with Gasteiger partial charge in [0.1, 0.15) is 5.82 Å². The maximum Gasteiger partial charge on any atom is 0.231 e. The molecule has 1 aliphatic rings. The van der Waals surface area contributed by atoms with Gasteiger partial charge in [-0.15, -0.1) is 10.2 Å². The topological polar surface area (TPSA) is 62.5 Å². The molecule has 1 fully saturated rings. The first-order valence-electron chi connectivity index (χ1n) is 8.87. The summed E-state index contributed by atoms with van der Waals surface area (Å²) in [6.07, 6.45) is 3.47. The summed E-state index contributed by atoms with van der Waals surface area (Å²) in [6, 6.07) is 9.84. The number of benzene rings is 1. The van der Waals surface area contributed by atoms with Crippen molar-refractivity contribution in [2.45, 2.75) is 19.4 Å². The van der Waals surface area contributed by atoms with E-state index in [9.17, 15) is 9.18 Å². The summed E-state index contributed by atoms with van der Waals surface area (Å²) in [5.74, 6) is 0.202. The lowest BCUT2D eigenvalue weighted by Gasteiger charge is -2.32. The SMILES string of the molecule is O=C(NCc1cccc(F)c1)[C@@H]1CCCN(c2nnc3ccc(Cl)cn23)C1. The number of hydrogen-bond donors (Lipinski definition) is 1. The number of rotatable bonds is 4. The van der Waals surface area contributed by atoms with Crippen LogP contribution in [-0.2, 0) is 11.3 Å². The van der Waals surface area contributed by atoms with Gasteiger partial charge in [-0.3, -0.25) is 9.20 Å². The number of carbonyl (C=O) groups excluding carboxylic acids is 1. The van der Waals surface area contributed by atoms with Gasteiger partial charge in [0.15, 0.2) is 5.65 Å². The number of aromatic nitrogens is 3. The lowest BCUT2D eigenvalue weighted by molar-refractivity contribution is -0.125. The molecule has 3 heterocycles. The first-order valence-corrected chi connectivity index (χ1v) is 9.25. The lowest BCUT2D eigenvalue weighted by Crippen LogP contribution is -2.43. The number of fused-ring (bicyclic) bond motifs is 1. The van der Waals surface area contributed by atoms with Crippen molar-refractivity contribution >= 4 is 29.1 Å². The zero-order valence-electron chi connectivity index (χ0n) is 14.6. The maximum absolute atomic E-state index is 13.3. The summed E-state index contributed by atoms with van der Waals surface area (Å²) >= 11 is 6.09. The third kappa shape index (κ3) is 3.88. The molecule has 6 nitrogen and oxygen atoms in total. The number of nitrogens with zero attached hydrogens (tertiary/aromatic N) is 4. The number of piperidine rings is 1. The van der Waals surface area contributed by atoms with Crippen LogP contribution >= 0.6 is 11.6 Å². The molecular formula is C19H19ClFN5O. The molecule has 2 aromatic heterocycles. The van der Waals surface area contributed by atoms with E-state index in [0.717, 1.165) is 24.9 Å². The molecule has 140 valence electrons. The van der Waals surface area contributed by atoms with Gasteiger partial charge < -0.3 is 10.2 Å². The summed E-state index contributed by atoms with van der Waals surface area (Å²) in [5.41, 5.74) is 1.46. The monoisotopic (exact) mass is 387 g/mol. The van der Waals surface area contributed by atoms with Gasteiger partial charge in [-0.25, -0.2) is 4.39 Å². The Kier molecular flexibility index (Phi) is 4.94. The molecule has 0 radical (unpaired) electrons. The van der Waals surface area contributed by atoms with Gasteiger partial charge in [-0.1, -0.05) is 23.7 Å². The van der Waals surface area contributed by atoms with Crippen molar-refractivity contribution in [3.05, 3.63) is 59.0 Å². The molecular weight excluding hydrogens is 369 g/mol. The number of anilines is 1. The molecule has 1 atom stereocenters. The third-order valence-corrected chi connectivity index (χ3v) is 5.00. The van der Waals surface area contributed by atoms with Crippen LogP contribution < -0.4 is 10.2 Å². The van der Waals surface area contributed by atoms with Crippen molar-refractivity contribution in [1.82, 2.24) is 19.9 Å². The molecule has 3 aromatic rings. The minimum atomic E-state index is -0.303. The van der Waals surface area contributed by atoms with Gasteiger partial charge >= 0.3 is 0 Å². The highest BCUT2D eigenvalue weighted by Crippen LogP contribution is 2.23. The number of pyridine rings is 1. The van der Waals surface area contributed by atoms with Crippen LogP contribution in [-0.4, -0.2) is 33.6 Å². The van der Waals surface area contributed by atoms with Gasteiger partial charge in [0.25, 0.3) is 0 Å². The number of amides is 1. The van der Waals surface area contributed by atoms with Crippen LogP contribution in [0.3, 0.4) is 0 Å². The van der Waals surface area contributed by atoms with Gasteiger partial charge in [0.2, 0.25) is 11.9 Å². The molecule has 4 rings (SSSR count). The summed E-state index contributed by atoms with van der Waals surface area (Å²) in [4.78, 5) is 14.7. The molecule has 0 saturated carbocycles. The molecule has 0 aliphatic carbocycles. The molecule has 27 heavy (non-hydrogen) atoms. The second kappa shape index (κ2) is 7.52. The standard InChI is InChI=1S/C19H19ClFN5O/c20-15-6-7-17-23-24-19(26(17)12-15)25-8-2-4-14(11-25)18(27)22-10-13-3-1-5-16(21)9-13/h1,3,5-7,9,12,14H,2,4,8,10-11H2,(H,22,27)/t14-/m1/s1. The van der Waals surface area contributed by atoms with E-state index in [1.807, 2.05) is 10.5 Å². The second-order valence-electron chi connectivity index (χ2n) is 6.71. The first kappa shape index (κ1) is 17.7. The van der Waals surface area contributed by atoms with Crippen molar-refractivity contribution < 1.29 is 9.18 Å². The van der Waals surface area contributed by atoms with Crippen LogP contribution in [0.15, 0.2) is 42.6 Å². The fraction of sp³-hybridized carbons (Fsp3) is 0.316. The van der Waals surface area contributed by atoms with E-state index in [0.29, 0.717) is 29.7 Å². The van der Waals surface area contributed by atoms with Crippen molar-refractivity contribution in [1.29, 1.82) is 0 Å². The highest BCUT2D eigenvalue weighted by molar-refractivity contribution is 6.30. The fourth-order valence-corrected chi connectivity index (χ4v) is 3.58. The second-order valence-corrected chi connectivity index (χ2v) is 7.14. The van der Waals surface area contributed by atoms with E-state index < -0.39 is 0 Å². The molecule has 1 aliphatic heterocycles. The predicted molar refractivity (Wildman–Crippen MR) is 101 cm³/mol. The van der Waals surface area contributed by atoms with E-state index >= 15 is 0 Å². The van der Waals surface area contributed by atoms with Crippen LogP contribution in [0, 0.1) is 11.7 Å². The van der Waals surface area contributed by atoms with E-state index in [4.69, 9.17) is 11.6 Å². The third-order valence-electron chi connectivity index (χ3n) is 4.78. The Labute approximate surface area is 161 Å². The normalized spacial score (nSPS) is 17.3. The highest BCUT2D eigenvalue weighted by Gasteiger charge is 2.28. The Balaban J connectivity index is 1.44. The molecule has 8 heteroatoms. The zero-order valence-corrected chi connectivity index (χ0v) is 15.4. The number of carbonyl (C=O) groups is 1. The van der Waals surface area contributed by atoms with Crippen molar-refractivity contribution in [3.63, 3.8) is 0 Å². The Hall–Kier alpha value is -2.67. The summed E-state index contributed by atoms with van der Waals surface area (Å²) in [7, 11) is 0. The van der Waals surface area contributed by atoms with E-state index in [2.05, 4.69) is 20.4 Å². The summed E-state index contributed by atoms with van der Waals surface area (Å²) in [6.45, 7) is 1.68. The fourth-order valence-electron chi connectivity index (χ4n) is 3.42. The summed E-state index contributed by atoms with van der Waals surface area (Å²) in [5, 5.41) is 11.9. The average Bonchev–Trinajstić information content (AvgIpc) is 3.09. The van der Waals surface area contributed by atoms with Gasteiger partial charge in [-0.2, -0.15) is 0 Å². The van der Waals surface area contributed by atoms with Crippen LogP contribution in [0.25, 0.3) is 5.65 Å². The molecule has 0 unspecified atom stereocenters. The van der Waals surface area contributed by atoms with E-state index in [1.165, 1.54) is 12.1 Å². The summed E-state index contributed by atoms with van der Waals surface area (Å²) < 4.78 is 15.1. The Morgan fingerprint density at radius 2 is 2.19 bits per heavy atom. The van der Waals surface area contributed by atoms with Crippen molar-refractivity contribution in [2.75, 3.05) is 18.0 Å². The van der Waals surface area contributed by atoms with E-state index in [-0.39, 0.29) is 17.6 Å². The van der Waals surface area contributed by atoms with Gasteiger partial charge in [0, 0.05) is 25.8 Å². The van der Waals surface area contributed by atoms with Gasteiger partial charge in [-0.05, 0) is 42.7 Å². The van der Waals surface area contributed by atoms with Crippen LogP contribution in [0.1, 0.15) is 18.4 Å². The van der Waals surface area contributed by atoms with Gasteiger partial charge in [0.05, 0.1) is 10.9 Å². The molecule has 1 amide bonds. The average molecular weight is 388 g/mol. The Bertz CT molecular complexity index is 976. The number of nitrogens with one attached hydrogen (secondary N) is 1. The van der Waals surface area contributed by atoms with Crippen molar-refractivity contribution in [2.24, 2.45) is 5.92 Å². The predicted octanol–water partition coefficient (Wildman–Crippen LogP) is 3.05. The molecule has 0 bridgehead atoms. The minimum Gasteiger partial charge on any atom is -0.352 e. The first-order chi connectivity index (χ1) is 13.1. The van der Waals surface area contributed by atoms with E-state index in [1.54, 1.807) is 24.4 Å². The van der Waals surface area contributed by atoms with Crippen LogP contribution in [0.5, 0.6) is 0 Å². The maximum atomic E-state index is 13.3. The molecule has 0 spiro atoms. The van der Waals surface area contributed by atoms with Crippen molar-refractivity contribution in [3.8, 4) is 0 Å². The smallest absolute Gasteiger partial charge is 0.231 e. The quantitative estimate of drug-likeness (QED) is 0.747. The molecule has 1 saturated heterocycles. The molecule has 1 N–H and O–H groups in total. The lowest BCUT2D eigenvalue weighted by atomic mass is 9.97. The minimum absolute atomic E-state index is 0.0317. The largest absolute Gasteiger partial charge is 0.352 e.